The fraction of sp³-hybridized carbons (Fsp3) is 0.150. The summed E-state index contributed by atoms with van der Waals surface area (Å²) in [4.78, 5) is 8.60. The molecule has 4 rings (SSSR count). The standard InChI is InChI=1S/C20H18F2N6O/c1-12-10-28(11-23-12)16-8-7-13(9-17(16)29-3)19-25-20(27(2)26-19)24-18-14(21)5-4-6-15(18)22/h4-11H,1-3H3,(H,24,25,26). The van der Waals surface area contributed by atoms with E-state index in [0.29, 0.717) is 17.1 Å². The van der Waals surface area contributed by atoms with E-state index in [0.717, 1.165) is 11.4 Å². The normalized spacial score (nSPS) is 10.9. The van der Waals surface area contributed by atoms with Crippen LogP contribution in [0.2, 0.25) is 0 Å². The van der Waals surface area contributed by atoms with Crippen LogP contribution >= 0.6 is 0 Å². The number of para-hydroxylation sites is 1. The second-order valence-corrected chi connectivity index (χ2v) is 6.41. The highest BCUT2D eigenvalue weighted by molar-refractivity contribution is 5.65. The van der Waals surface area contributed by atoms with Crippen molar-refractivity contribution in [1.29, 1.82) is 0 Å². The van der Waals surface area contributed by atoms with E-state index in [1.807, 2.05) is 29.8 Å². The molecule has 0 spiro atoms. The first kappa shape index (κ1) is 18.6. The lowest BCUT2D eigenvalue weighted by Crippen LogP contribution is -2.03. The SMILES string of the molecule is COc1cc(-c2nc(Nc3c(F)cccc3F)n(C)n2)ccc1-n1cnc(C)c1. The zero-order valence-corrected chi connectivity index (χ0v) is 16.0. The van der Waals surface area contributed by atoms with Gasteiger partial charge < -0.3 is 14.6 Å². The summed E-state index contributed by atoms with van der Waals surface area (Å²) in [6.07, 6.45) is 3.60. The van der Waals surface area contributed by atoms with Crippen LogP contribution in [0.15, 0.2) is 48.9 Å². The lowest BCUT2D eigenvalue weighted by atomic mass is 10.1. The fourth-order valence-electron chi connectivity index (χ4n) is 2.93. The molecule has 2 aromatic heterocycles. The Labute approximate surface area is 165 Å². The predicted molar refractivity (Wildman–Crippen MR) is 104 cm³/mol. The summed E-state index contributed by atoms with van der Waals surface area (Å²) >= 11 is 0. The van der Waals surface area contributed by atoms with E-state index in [1.54, 1.807) is 26.6 Å². The third kappa shape index (κ3) is 3.54. The summed E-state index contributed by atoms with van der Waals surface area (Å²) in [5, 5.41) is 7.00. The molecule has 29 heavy (non-hydrogen) atoms. The smallest absolute Gasteiger partial charge is 0.226 e. The van der Waals surface area contributed by atoms with Crippen molar-refractivity contribution in [3.8, 4) is 22.8 Å². The second-order valence-electron chi connectivity index (χ2n) is 6.41. The van der Waals surface area contributed by atoms with E-state index in [2.05, 4.69) is 20.4 Å². The van der Waals surface area contributed by atoms with Gasteiger partial charge >= 0.3 is 0 Å². The highest BCUT2D eigenvalue weighted by Crippen LogP contribution is 2.30. The van der Waals surface area contributed by atoms with Crippen molar-refractivity contribution in [2.24, 2.45) is 7.05 Å². The summed E-state index contributed by atoms with van der Waals surface area (Å²) in [6.45, 7) is 1.90. The molecule has 0 atom stereocenters. The van der Waals surface area contributed by atoms with Gasteiger partial charge in [-0.25, -0.2) is 18.4 Å². The van der Waals surface area contributed by atoms with E-state index < -0.39 is 11.6 Å². The number of aromatic nitrogens is 5. The number of benzene rings is 2. The molecule has 0 bridgehead atoms. The Bertz CT molecular complexity index is 1160. The third-order valence-electron chi connectivity index (χ3n) is 4.39. The Kier molecular flexibility index (Phi) is 4.71. The van der Waals surface area contributed by atoms with Crippen molar-refractivity contribution in [2.75, 3.05) is 12.4 Å². The summed E-state index contributed by atoms with van der Waals surface area (Å²) in [5.74, 6) is -0.218. The van der Waals surface area contributed by atoms with Crippen LogP contribution in [-0.4, -0.2) is 31.4 Å². The van der Waals surface area contributed by atoms with Crippen molar-refractivity contribution in [3.63, 3.8) is 0 Å². The summed E-state index contributed by atoms with van der Waals surface area (Å²) < 4.78 is 36.6. The minimum Gasteiger partial charge on any atom is -0.495 e. The number of hydrogen-bond donors (Lipinski definition) is 1. The van der Waals surface area contributed by atoms with Crippen LogP contribution in [-0.2, 0) is 7.05 Å². The maximum atomic E-state index is 13.9. The van der Waals surface area contributed by atoms with Crippen LogP contribution in [0, 0.1) is 18.6 Å². The number of ether oxygens (including phenoxy) is 1. The minimum absolute atomic E-state index is 0.206. The number of hydrogen-bond acceptors (Lipinski definition) is 5. The zero-order valence-electron chi connectivity index (χ0n) is 16.0. The Morgan fingerprint density at radius 1 is 1.10 bits per heavy atom. The molecular weight excluding hydrogens is 378 g/mol. The van der Waals surface area contributed by atoms with E-state index in [-0.39, 0.29) is 11.6 Å². The van der Waals surface area contributed by atoms with Crippen LogP contribution in [0.3, 0.4) is 0 Å². The molecule has 0 saturated heterocycles. The van der Waals surface area contributed by atoms with Gasteiger partial charge in [0.15, 0.2) is 5.82 Å². The second kappa shape index (κ2) is 7.34. The first-order chi connectivity index (χ1) is 14.0. The van der Waals surface area contributed by atoms with Gasteiger partial charge in [-0.15, -0.1) is 5.10 Å². The maximum absolute atomic E-state index is 13.9. The molecule has 0 amide bonds. The highest BCUT2D eigenvalue weighted by Gasteiger charge is 2.16. The van der Waals surface area contributed by atoms with Gasteiger partial charge in [0, 0.05) is 18.8 Å². The van der Waals surface area contributed by atoms with Gasteiger partial charge in [-0.3, -0.25) is 0 Å². The monoisotopic (exact) mass is 396 g/mol. The molecule has 9 heteroatoms. The lowest BCUT2D eigenvalue weighted by molar-refractivity contribution is 0.413. The van der Waals surface area contributed by atoms with Gasteiger partial charge in [-0.05, 0) is 37.3 Å². The molecule has 7 nitrogen and oxygen atoms in total. The first-order valence-electron chi connectivity index (χ1n) is 8.77. The summed E-state index contributed by atoms with van der Waals surface area (Å²) in [7, 11) is 3.21. The van der Waals surface area contributed by atoms with E-state index in [9.17, 15) is 8.78 Å². The zero-order chi connectivity index (χ0) is 20.5. The van der Waals surface area contributed by atoms with Crippen LogP contribution < -0.4 is 10.1 Å². The highest BCUT2D eigenvalue weighted by atomic mass is 19.1. The predicted octanol–water partition coefficient (Wildman–Crippen LogP) is 4.01. The number of nitrogens with zero attached hydrogens (tertiary/aromatic N) is 5. The van der Waals surface area contributed by atoms with Gasteiger partial charge in [0.05, 0.1) is 24.8 Å². The van der Waals surface area contributed by atoms with Crippen LogP contribution in [0.1, 0.15) is 5.69 Å². The van der Waals surface area contributed by atoms with Gasteiger partial charge in [0.25, 0.3) is 0 Å². The number of nitrogens with one attached hydrogen (secondary N) is 1. The molecule has 2 heterocycles. The molecule has 0 aliphatic carbocycles. The van der Waals surface area contributed by atoms with Crippen molar-refractivity contribution in [3.05, 3.63) is 66.3 Å². The number of halogens is 2. The van der Waals surface area contributed by atoms with Gasteiger partial charge in [0.1, 0.15) is 23.1 Å². The van der Waals surface area contributed by atoms with Gasteiger partial charge in [-0.2, -0.15) is 4.98 Å². The molecular formula is C20H18F2N6O. The molecule has 1 N–H and O–H groups in total. The molecule has 148 valence electrons. The Morgan fingerprint density at radius 3 is 2.52 bits per heavy atom. The Morgan fingerprint density at radius 2 is 1.86 bits per heavy atom. The molecule has 0 aliphatic rings. The minimum atomic E-state index is -0.712. The topological polar surface area (TPSA) is 69.8 Å². The number of rotatable bonds is 5. The maximum Gasteiger partial charge on any atom is 0.226 e. The van der Waals surface area contributed by atoms with E-state index in [4.69, 9.17) is 4.74 Å². The van der Waals surface area contributed by atoms with Crippen molar-refractivity contribution in [2.45, 2.75) is 6.92 Å². The van der Waals surface area contributed by atoms with Crippen molar-refractivity contribution in [1.82, 2.24) is 24.3 Å². The van der Waals surface area contributed by atoms with Gasteiger partial charge in [-0.1, -0.05) is 6.07 Å². The molecule has 0 radical (unpaired) electrons. The lowest BCUT2D eigenvalue weighted by Gasteiger charge is -2.10. The van der Waals surface area contributed by atoms with Crippen LogP contribution in [0.4, 0.5) is 20.4 Å². The Hall–Kier alpha value is -3.75. The largest absolute Gasteiger partial charge is 0.495 e. The van der Waals surface area contributed by atoms with Crippen LogP contribution in [0.25, 0.3) is 17.1 Å². The average Bonchev–Trinajstić information content (AvgIpc) is 3.30. The Balaban J connectivity index is 1.68. The number of imidazole rings is 1. The number of methoxy groups -OCH3 is 1. The van der Waals surface area contributed by atoms with Crippen molar-refractivity contribution < 1.29 is 13.5 Å². The quantitative estimate of drug-likeness (QED) is 0.552. The van der Waals surface area contributed by atoms with Crippen LogP contribution in [0.5, 0.6) is 5.75 Å². The fourth-order valence-corrected chi connectivity index (χ4v) is 2.93. The molecule has 0 saturated carbocycles. The third-order valence-corrected chi connectivity index (χ3v) is 4.39. The molecule has 4 aromatic rings. The van der Waals surface area contributed by atoms with E-state index >= 15 is 0 Å². The molecule has 0 unspecified atom stereocenters. The van der Waals surface area contributed by atoms with E-state index in [1.165, 1.54) is 22.9 Å². The van der Waals surface area contributed by atoms with Gasteiger partial charge in [0.2, 0.25) is 5.95 Å². The van der Waals surface area contributed by atoms with Crippen molar-refractivity contribution >= 4 is 11.6 Å². The molecule has 2 aromatic carbocycles. The molecule has 0 aliphatic heterocycles. The molecule has 0 fully saturated rings. The summed E-state index contributed by atoms with van der Waals surface area (Å²) in [6, 6.07) is 9.15. The number of anilines is 2. The average molecular weight is 396 g/mol. The first-order valence-corrected chi connectivity index (χ1v) is 8.77. The number of aryl methyl sites for hydroxylation is 2. The summed E-state index contributed by atoms with van der Waals surface area (Å²) in [5.41, 5.74) is 2.12.